The molecule has 78 heavy (non-hydrogen) atoms. The van der Waals surface area contributed by atoms with Gasteiger partial charge in [-0.25, -0.2) is 0 Å². The molecule has 0 amide bonds. The highest BCUT2D eigenvalue weighted by molar-refractivity contribution is 6.75. The van der Waals surface area contributed by atoms with Crippen molar-refractivity contribution in [3.63, 3.8) is 0 Å². The van der Waals surface area contributed by atoms with Crippen LogP contribution in [-0.2, 0) is 43.4 Å². The van der Waals surface area contributed by atoms with E-state index in [-0.39, 0.29) is 94.3 Å². The Bertz CT molecular complexity index is 2090. The van der Waals surface area contributed by atoms with Crippen LogP contribution in [0.2, 0.25) is 54.4 Å². The van der Waals surface area contributed by atoms with Gasteiger partial charge in [0.15, 0.2) is 25.0 Å². The molecule has 0 bridgehead atoms. The number of rotatable bonds is 23. The van der Waals surface area contributed by atoms with Crippen LogP contribution in [0, 0.1) is 29.6 Å². The van der Waals surface area contributed by atoms with Crippen molar-refractivity contribution in [2.75, 3.05) is 6.61 Å². The molecule has 0 aliphatic carbocycles. The fourth-order valence-corrected chi connectivity index (χ4v) is 15.9. The van der Waals surface area contributed by atoms with Gasteiger partial charge in [0.25, 0.3) is 0 Å². The van der Waals surface area contributed by atoms with Crippen molar-refractivity contribution >= 4 is 25.0 Å². The Hall–Kier alpha value is -1.27. The first-order valence-electron chi connectivity index (χ1n) is 31.1. The van der Waals surface area contributed by atoms with Crippen LogP contribution >= 0.6 is 0 Å². The lowest BCUT2D eigenvalue weighted by molar-refractivity contribution is -0.251. The van der Waals surface area contributed by atoms with E-state index < -0.39 is 31.1 Å². The summed E-state index contributed by atoms with van der Waals surface area (Å²) in [6, 6.07) is 11.0. The van der Waals surface area contributed by atoms with Gasteiger partial charge in [0, 0.05) is 18.9 Å². The highest BCUT2D eigenvalue weighted by atomic mass is 28.4. The topological polar surface area (TPSA) is 94.1 Å². The summed E-state index contributed by atoms with van der Waals surface area (Å²) in [6.45, 7) is 56.3. The zero-order chi connectivity index (χ0) is 57.9. The third kappa shape index (κ3) is 16.8. The maximum Gasteiger partial charge on any atom is 0.193 e. The molecule has 12 heteroatoms. The zero-order valence-electron chi connectivity index (χ0n) is 53.3. The van der Waals surface area contributed by atoms with Gasteiger partial charge in [-0.3, -0.25) is 0 Å². The quantitative estimate of drug-likeness (QED) is 0.0849. The number of hydrogen-bond donors (Lipinski definition) is 1. The largest absolute Gasteiger partial charge is 0.417 e. The molecule has 1 aromatic carbocycles. The summed E-state index contributed by atoms with van der Waals surface area (Å²) in [4.78, 5) is 0. The maximum atomic E-state index is 11.7. The van der Waals surface area contributed by atoms with Gasteiger partial charge in [-0.15, -0.1) is 0 Å². The number of aliphatic hydroxyl groups excluding tert-OH is 1. The lowest BCUT2D eigenvalue weighted by Crippen LogP contribution is -2.64. The van der Waals surface area contributed by atoms with Crippen molar-refractivity contribution < 1.29 is 42.1 Å². The molecule has 5 heterocycles. The average Bonchev–Trinajstić information content (AvgIpc) is 3.88. The van der Waals surface area contributed by atoms with Crippen molar-refractivity contribution in [2.24, 2.45) is 29.6 Å². The molecule has 5 aliphatic rings. The van der Waals surface area contributed by atoms with Gasteiger partial charge in [-0.05, 0) is 165 Å². The van der Waals surface area contributed by atoms with Crippen LogP contribution in [0.3, 0.4) is 0 Å². The molecule has 18 atom stereocenters. The first-order chi connectivity index (χ1) is 36.1. The maximum absolute atomic E-state index is 11.7. The van der Waals surface area contributed by atoms with Gasteiger partial charge < -0.3 is 42.1 Å². The number of fused-ring (bicyclic) bond motifs is 1. The van der Waals surface area contributed by atoms with E-state index in [1.807, 2.05) is 6.08 Å². The van der Waals surface area contributed by atoms with Crippen LogP contribution in [-0.4, -0.2) is 116 Å². The molecular weight excluding hydrogens is 1020 g/mol. The predicted molar refractivity (Wildman–Crippen MR) is 331 cm³/mol. The lowest BCUT2D eigenvalue weighted by atomic mass is 9.78. The van der Waals surface area contributed by atoms with E-state index in [0.29, 0.717) is 30.1 Å². The summed E-state index contributed by atoms with van der Waals surface area (Å²) in [5.74, 6) is 1.70. The zero-order valence-corrected chi connectivity index (χ0v) is 56.3. The third-order valence-corrected chi connectivity index (χ3v) is 34.3. The normalized spacial score (nSPS) is 34.1. The highest BCUT2D eigenvalue weighted by Crippen LogP contribution is 2.47. The van der Waals surface area contributed by atoms with E-state index in [1.54, 1.807) is 0 Å². The average molecular weight is 1140 g/mol. The van der Waals surface area contributed by atoms with E-state index in [1.165, 1.54) is 11.1 Å². The molecule has 5 saturated heterocycles. The Morgan fingerprint density at radius 3 is 1.99 bits per heavy atom. The van der Waals surface area contributed by atoms with E-state index >= 15 is 0 Å². The van der Waals surface area contributed by atoms with E-state index in [4.69, 9.17) is 37.0 Å². The van der Waals surface area contributed by atoms with Crippen LogP contribution in [0.4, 0.5) is 0 Å². The number of ether oxygens (including phenoxy) is 5. The van der Waals surface area contributed by atoms with Crippen molar-refractivity contribution in [3.8, 4) is 0 Å². The second-order valence-electron chi connectivity index (χ2n) is 30.1. The second-order valence-corrected chi connectivity index (χ2v) is 44.5. The molecular formula is C66H116O9Si3. The Morgan fingerprint density at radius 2 is 1.36 bits per heavy atom. The minimum absolute atomic E-state index is 0.0148. The molecule has 5 fully saturated rings. The van der Waals surface area contributed by atoms with E-state index in [0.717, 1.165) is 82.8 Å². The molecule has 5 aliphatic heterocycles. The molecule has 0 aromatic heterocycles. The second kappa shape index (κ2) is 26.8. The molecule has 1 N–H and O–H groups in total. The third-order valence-electron chi connectivity index (χ3n) is 20.8. The minimum atomic E-state index is -2.30. The van der Waals surface area contributed by atoms with Gasteiger partial charge in [0.05, 0.1) is 73.2 Å². The molecule has 6 rings (SSSR count). The summed E-state index contributed by atoms with van der Waals surface area (Å²) in [7, 11) is -6.38. The number of benzene rings is 1. The van der Waals surface area contributed by atoms with Gasteiger partial charge in [0.1, 0.15) is 6.10 Å². The Kier molecular flexibility index (Phi) is 22.6. The standard InChI is InChI=1S/C66H116O9Si3/c1-23-51-32-36-56-61(71-51)48(7)62(75-78(21,22)66(14,15)16)63(73-56)57(74-77(19,20)65(11,12)13)34-30-50(67)29-31-52-39-45(4)55(69-52)35-33-53-38-44(3)46(5)59(70-53)41-60-54(40-49-27-25-24-26-28-49)47(6)58(72-60)37-43(2)42-68-76(17,18)64(8,9)10/h24-28,30,34,43-44,47-48,50-63,67H,4-5,23,29,31-33,35-42H2,1-3,6-22H3/b34-30+/t43-,44+,47+,48-,50?,51-,52-,53?,54+,55-,56-,57-,58+,59?,60-,61+,62-,63-/m0/s1. The van der Waals surface area contributed by atoms with Crippen molar-refractivity contribution in [1.29, 1.82) is 0 Å². The molecule has 0 radical (unpaired) electrons. The van der Waals surface area contributed by atoms with Crippen molar-refractivity contribution in [3.05, 3.63) is 72.4 Å². The van der Waals surface area contributed by atoms with Gasteiger partial charge in [-0.1, -0.05) is 153 Å². The molecule has 0 spiro atoms. The van der Waals surface area contributed by atoms with Crippen LogP contribution in [0.5, 0.6) is 0 Å². The van der Waals surface area contributed by atoms with E-state index in [9.17, 15) is 5.11 Å². The van der Waals surface area contributed by atoms with Crippen molar-refractivity contribution in [2.45, 2.75) is 308 Å². The van der Waals surface area contributed by atoms with Gasteiger partial charge in [0.2, 0.25) is 0 Å². The molecule has 0 saturated carbocycles. The fourth-order valence-electron chi connectivity index (χ4n) is 12.2. The summed E-state index contributed by atoms with van der Waals surface area (Å²) < 4.78 is 56.4. The monoisotopic (exact) mass is 1140 g/mol. The number of hydrogen-bond acceptors (Lipinski definition) is 9. The lowest BCUT2D eigenvalue weighted by Gasteiger charge is -2.54. The summed E-state index contributed by atoms with van der Waals surface area (Å²) in [6.07, 6.45) is 13.7. The van der Waals surface area contributed by atoms with Crippen LogP contribution < -0.4 is 0 Å². The van der Waals surface area contributed by atoms with Crippen molar-refractivity contribution in [1.82, 2.24) is 0 Å². The fraction of sp³-hybridized carbons (Fsp3) is 0.818. The van der Waals surface area contributed by atoms with Crippen LogP contribution in [0.25, 0.3) is 0 Å². The SMILES string of the molecule is C=C1C(C[C@@H]2O[C@H](C[C@H](C)CO[Si](C)(C)C(C)(C)C)[C@H](C)[C@H]2Cc2ccccc2)OC(CC[C@@H]2O[C@@H](CCC(O)/C=C/[C@H](O[Si](C)(C)C(C)(C)C)[C@@H]3O[C@H]4CC[C@H](CC)O[C@@H]4[C@H](C)[C@@H]3O[Si](C)(C)C(C)(C)C)CC2=C)C[C@H]1C. The highest BCUT2D eigenvalue weighted by Gasteiger charge is 2.54. The summed E-state index contributed by atoms with van der Waals surface area (Å²) >= 11 is 0. The van der Waals surface area contributed by atoms with Crippen LogP contribution in [0.1, 0.15) is 173 Å². The summed E-state index contributed by atoms with van der Waals surface area (Å²) in [5.41, 5.74) is 3.72. The smallest absolute Gasteiger partial charge is 0.193 e. The molecule has 3 unspecified atom stereocenters. The number of aliphatic hydroxyl groups is 1. The Balaban J connectivity index is 1.07. The van der Waals surface area contributed by atoms with Crippen LogP contribution in [0.15, 0.2) is 66.8 Å². The van der Waals surface area contributed by atoms with E-state index in [2.05, 4.69) is 186 Å². The minimum Gasteiger partial charge on any atom is -0.417 e. The van der Waals surface area contributed by atoms with Gasteiger partial charge in [-0.2, -0.15) is 0 Å². The molecule has 446 valence electrons. The molecule has 1 aromatic rings. The Morgan fingerprint density at radius 1 is 0.718 bits per heavy atom. The first-order valence-corrected chi connectivity index (χ1v) is 39.9. The summed E-state index contributed by atoms with van der Waals surface area (Å²) in [5, 5.41) is 11.9. The van der Waals surface area contributed by atoms with Gasteiger partial charge >= 0.3 is 0 Å². The Labute approximate surface area is 480 Å². The molecule has 9 nitrogen and oxygen atoms in total. The predicted octanol–water partition coefficient (Wildman–Crippen LogP) is 16.4. The first kappa shape index (κ1) is 65.9.